The molecule has 0 saturated carbocycles. The zero-order valence-electron chi connectivity index (χ0n) is 18.4. The molecule has 0 aromatic heterocycles. The summed E-state index contributed by atoms with van der Waals surface area (Å²) in [6, 6.07) is 10.5. The molecular formula is C26H25NO5. The van der Waals surface area contributed by atoms with Crippen LogP contribution >= 0.6 is 0 Å². The van der Waals surface area contributed by atoms with Crippen molar-refractivity contribution in [3.63, 3.8) is 0 Å². The van der Waals surface area contributed by atoms with Crippen LogP contribution in [-0.4, -0.2) is 48.0 Å². The van der Waals surface area contributed by atoms with Crippen LogP contribution in [0.5, 0.6) is 0 Å². The summed E-state index contributed by atoms with van der Waals surface area (Å²) in [6.07, 6.45) is 2.00. The number of rotatable bonds is 1. The predicted molar refractivity (Wildman–Crippen MR) is 113 cm³/mol. The first kappa shape index (κ1) is 18.8. The van der Waals surface area contributed by atoms with Crippen LogP contribution in [0.1, 0.15) is 32.3 Å². The lowest BCUT2D eigenvalue weighted by Gasteiger charge is -2.46. The molecule has 5 fully saturated rings. The summed E-state index contributed by atoms with van der Waals surface area (Å²) in [5.41, 5.74) is 1.19. The Bertz CT molecular complexity index is 1180. The van der Waals surface area contributed by atoms with Gasteiger partial charge in [-0.2, -0.15) is 0 Å². The van der Waals surface area contributed by atoms with E-state index >= 15 is 0 Å². The normalized spacial score (nSPS) is 46.8. The lowest BCUT2D eigenvalue weighted by molar-refractivity contribution is -0.255. The van der Waals surface area contributed by atoms with Gasteiger partial charge in [-0.3, -0.25) is 4.90 Å². The van der Waals surface area contributed by atoms with Gasteiger partial charge in [0.1, 0.15) is 11.3 Å². The molecule has 164 valence electrons. The average Bonchev–Trinajstić information content (AvgIpc) is 3.51. The molecule has 6 nitrogen and oxygen atoms in total. The summed E-state index contributed by atoms with van der Waals surface area (Å²) in [5.74, 6) is 7.99. The van der Waals surface area contributed by atoms with Crippen LogP contribution < -0.4 is 0 Å². The van der Waals surface area contributed by atoms with Crippen LogP contribution in [0.15, 0.2) is 53.2 Å². The standard InChI is InChI=1S/C26H25NO5/c1-14-20-17-13-19-25(11-9-16-7-5-4-6-8-16)18(10-12-27(17)25)26(20,31-19)32-22(14)23-21(29-3)15(2)24(28)30-23/h4-8,14,17-20H,10,12-13H2,1-3H3/b23-22-/t14-,17-,18-,19-,20+,25-,26+/m0/s1. The predicted octanol–water partition coefficient (Wildman–Crippen LogP) is 2.95. The zero-order chi connectivity index (χ0) is 21.8. The molecule has 0 amide bonds. The Morgan fingerprint density at radius 1 is 1.25 bits per heavy atom. The van der Waals surface area contributed by atoms with Gasteiger partial charge in [0.25, 0.3) is 0 Å². The second kappa shape index (κ2) is 5.98. The van der Waals surface area contributed by atoms with Gasteiger partial charge in [-0.05, 0) is 31.9 Å². The fourth-order valence-corrected chi connectivity index (χ4v) is 7.46. The first-order chi connectivity index (χ1) is 15.5. The van der Waals surface area contributed by atoms with Gasteiger partial charge in [-0.1, -0.05) is 37.0 Å². The Balaban J connectivity index is 1.34. The van der Waals surface area contributed by atoms with Gasteiger partial charge in [-0.25, -0.2) is 4.79 Å². The number of ether oxygens (including phenoxy) is 4. The molecule has 0 radical (unpaired) electrons. The fourth-order valence-electron chi connectivity index (χ4n) is 7.46. The van der Waals surface area contributed by atoms with Crippen molar-refractivity contribution in [2.24, 2.45) is 17.8 Å². The molecule has 1 aromatic rings. The van der Waals surface area contributed by atoms with E-state index in [0.717, 1.165) is 24.9 Å². The number of nitrogens with zero attached hydrogens (tertiary/aromatic N) is 1. The highest BCUT2D eigenvalue weighted by Gasteiger charge is 2.84. The van der Waals surface area contributed by atoms with Gasteiger partial charge in [0.2, 0.25) is 11.5 Å². The Hall–Kier alpha value is -2.75. The van der Waals surface area contributed by atoms with Crippen molar-refractivity contribution in [3.8, 4) is 11.8 Å². The molecule has 6 aliphatic rings. The fraction of sp³-hybridized carbons (Fsp3) is 0.500. The summed E-state index contributed by atoms with van der Waals surface area (Å²) in [6.45, 7) is 4.91. The van der Waals surface area contributed by atoms with Gasteiger partial charge in [0, 0.05) is 24.1 Å². The molecule has 6 aliphatic heterocycles. The molecular weight excluding hydrogens is 406 g/mol. The topological polar surface area (TPSA) is 57.2 Å². The van der Waals surface area contributed by atoms with E-state index < -0.39 is 5.79 Å². The van der Waals surface area contributed by atoms with Gasteiger partial charge < -0.3 is 18.9 Å². The number of esters is 1. The van der Waals surface area contributed by atoms with Crippen molar-refractivity contribution >= 4 is 5.97 Å². The lowest BCUT2D eigenvalue weighted by atomic mass is 9.71. The second-order valence-corrected chi connectivity index (χ2v) is 9.76. The average molecular weight is 431 g/mol. The molecule has 5 bridgehead atoms. The maximum absolute atomic E-state index is 12.3. The van der Waals surface area contributed by atoms with E-state index in [2.05, 4.69) is 35.8 Å². The molecule has 6 heterocycles. The largest absolute Gasteiger partial charge is 0.492 e. The summed E-state index contributed by atoms with van der Waals surface area (Å²) < 4.78 is 24.7. The summed E-state index contributed by atoms with van der Waals surface area (Å²) in [7, 11) is 1.56. The maximum Gasteiger partial charge on any atom is 0.343 e. The number of fused-ring (bicyclic) bond motifs is 1. The first-order valence-electron chi connectivity index (χ1n) is 11.4. The molecule has 0 N–H and O–H groups in total. The van der Waals surface area contributed by atoms with Crippen LogP contribution in [0.2, 0.25) is 0 Å². The van der Waals surface area contributed by atoms with Gasteiger partial charge in [0.15, 0.2) is 5.76 Å². The molecule has 0 aliphatic carbocycles. The number of carbonyl (C=O) groups is 1. The summed E-state index contributed by atoms with van der Waals surface area (Å²) in [4.78, 5) is 14.9. The van der Waals surface area contributed by atoms with E-state index in [1.54, 1.807) is 14.0 Å². The second-order valence-electron chi connectivity index (χ2n) is 9.76. The van der Waals surface area contributed by atoms with E-state index in [0.29, 0.717) is 28.9 Å². The zero-order valence-corrected chi connectivity index (χ0v) is 18.4. The van der Waals surface area contributed by atoms with E-state index in [9.17, 15) is 4.79 Å². The number of methoxy groups -OCH3 is 1. The van der Waals surface area contributed by atoms with Crippen molar-refractivity contribution in [2.45, 2.75) is 50.2 Å². The number of benzene rings is 1. The highest BCUT2D eigenvalue weighted by molar-refractivity contribution is 5.93. The Morgan fingerprint density at radius 2 is 2.06 bits per heavy atom. The van der Waals surface area contributed by atoms with Crippen molar-refractivity contribution in [1.82, 2.24) is 4.90 Å². The third kappa shape index (κ3) is 1.95. The van der Waals surface area contributed by atoms with Crippen molar-refractivity contribution < 1.29 is 23.7 Å². The number of cyclic esters (lactones) is 1. The number of hydrogen-bond donors (Lipinski definition) is 0. The van der Waals surface area contributed by atoms with Gasteiger partial charge in [0.05, 0.1) is 30.6 Å². The molecule has 6 heteroatoms. The first-order valence-corrected chi connectivity index (χ1v) is 11.4. The van der Waals surface area contributed by atoms with Crippen LogP contribution in [0.4, 0.5) is 0 Å². The smallest absolute Gasteiger partial charge is 0.343 e. The Kier molecular flexibility index (Phi) is 3.51. The highest BCUT2D eigenvalue weighted by Crippen LogP contribution is 2.72. The van der Waals surface area contributed by atoms with E-state index in [4.69, 9.17) is 18.9 Å². The van der Waals surface area contributed by atoms with Crippen molar-refractivity contribution in [1.29, 1.82) is 0 Å². The molecule has 1 unspecified atom stereocenters. The minimum atomic E-state index is -0.713. The third-order valence-corrected chi connectivity index (χ3v) is 8.58. The minimum Gasteiger partial charge on any atom is -0.492 e. The van der Waals surface area contributed by atoms with Crippen LogP contribution in [0.25, 0.3) is 0 Å². The molecule has 1 spiro atoms. The van der Waals surface area contributed by atoms with Crippen LogP contribution in [0, 0.1) is 29.6 Å². The molecule has 1 aromatic carbocycles. The van der Waals surface area contributed by atoms with Gasteiger partial charge in [-0.15, -0.1) is 0 Å². The molecule has 5 saturated heterocycles. The SMILES string of the molecule is COC1=C(C)C(=O)O/C1=C1\O[C@@]23O[C@H]4C[C@@H]([C@H]2[C@@H]1C)N1CC[C@H]3[C@@]41C#Cc1ccccc1. The number of piperidine rings is 1. The van der Waals surface area contributed by atoms with Crippen LogP contribution in [-0.2, 0) is 23.7 Å². The maximum atomic E-state index is 12.3. The number of hydrogen-bond acceptors (Lipinski definition) is 6. The van der Waals surface area contributed by atoms with E-state index in [1.165, 1.54) is 0 Å². The molecule has 8 atom stereocenters. The lowest BCUT2D eigenvalue weighted by Crippen LogP contribution is -2.60. The highest BCUT2D eigenvalue weighted by atomic mass is 16.7. The number of allylic oxidation sites excluding steroid dienone is 1. The minimum absolute atomic E-state index is 0.0364. The monoisotopic (exact) mass is 431 g/mol. The van der Waals surface area contributed by atoms with Crippen molar-refractivity contribution in [3.05, 3.63) is 58.7 Å². The van der Waals surface area contributed by atoms with Crippen LogP contribution in [0.3, 0.4) is 0 Å². The molecule has 32 heavy (non-hydrogen) atoms. The molecule has 7 rings (SSSR count). The van der Waals surface area contributed by atoms with E-state index in [1.807, 2.05) is 18.2 Å². The van der Waals surface area contributed by atoms with Crippen molar-refractivity contribution in [2.75, 3.05) is 13.7 Å². The third-order valence-electron chi connectivity index (χ3n) is 8.58. The van der Waals surface area contributed by atoms with Gasteiger partial charge >= 0.3 is 5.97 Å². The summed E-state index contributed by atoms with van der Waals surface area (Å²) >= 11 is 0. The Labute approximate surface area is 187 Å². The quantitative estimate of drug-likeness (QED) is 0.504. The number of carbonyl (C=O) groups excluding carboxylic acids is 1. The Morgan fingerprint density at radius 3 is 2.84 bits per heavy atom. The summed E-state index contributed by atoms with van der Waals surface area (Å²) in [5, 5.41) is 0. The van der Waals surface area contributed by atoms with E-state index in [-0.39, 0.29) is 35.4 Å².